The van der Waals surface area contributed by atoms with E-state index in [0.29, 0.717) is 35.0 Å². The van der Waals surface area contributed by atoms with Crippen LogP contribution in [0.5, 0.6) is 0 Å². The van der Waals surface area contributed by atoms with Gasteiger partial charge in [-0.15, -0.1) is 0 Å². The quantitative estimate of drug-likeness (QED) is 0.476. The summed E-state index contributed by atoms with van der Waals surface area (Å²) in [4.78, 5) is 38.7. The van der Waals surface area contributed by atoms with Crippen molar-refractivity contribution in [1.29, 1.82) is 0 Å². The van der Waals surface area contributed by atoms with Crippen molar-refractivity contribution in [3.63, 3.8) is 0 Å². The van der Waals surface area contributed by atoms with Gasteiger partial charge in [0.25, 0.3) is 5.91 Å². The Morgan fingerprint density at radius 3 is 2.31 bits per heavy atom. The van der Waals surface area contributed by atoms with Gasteiger partial charge in [-0.05, 0) is 92.9 Å². The highest BCUT2D eigenvalue weighted by atomic mass is 35.5. The molecule has 5 rings (SSSR count). The Morgan fingerprint density at radius 2 is 1.75 bits per heavy atom. The number of ether oxygens (including phenoxy) is 1. The van der Waals surface area contributed by atoms with Gasteiger partial charge in [0.2, 0.25) is 0 Å². The molecule has 32 heavy (non-hydrogen) atoms. The lowest BCUT2D eigenvalue weighted by Crippen LogP contribution is -2.51. The predicted molar refractivity (Wildman–Crippen MR) is 127 cm³/mol. The van der Waals surface area contributed by atoms with Gasteiger partial charge in [0.1, 0.15) is 6.04 Å². The summed E-state index contributed by atoms with van der Waals surface area (Å²) in [7, 11) is 0. The molecule has 1 N–H and O–H groups in total. The third-order valence-corrected chi connectivity index (χ3v) is 8.54. The van der Waals surface area contributed by atoms with Gasteiger partial charge in [0.15, 0.2) is 12.4 Å². The largest absolute Gasteiger partial charge is 0.456 e. The summed E-state index contributed by atoms with van der Waals surface area (Å²) >= 11 is 13.6. The average Bonchev–Trinajstić information content (AvgIpc) is 2.73. The van der Waals surface area contributed by atoms with Crippen LogP contribution < -0.4 is 5.32 Å². The van der Waals surface area contributed by atoms with E-state index in [1.165, 1.54) is 31.4 Å². The minimum Gasteiger partial charge on any atom is -0.456 e. The second-order valence-corrected chi connectivity index (χ2v) is 11.5. The number of esters is 1. The van der Waals surface area contributed by atoms with E-state index >= 15 is 0 Å². The Labute approximate surface area is 203 Å². The van der Waals surface area contributed by atoms with Crippen LogP contribution in [-0.4, -0.2) is 42.3 Å². The number of hydrogen-bond acceptors (Lipinski definition) is 5. The lowest BCUT2D eigenvalue weighted by Gasteiger charge is -2.55. The number of carbonyl (C=O) groups is 3. The molecule has 4 saturated carbocycles. The van der Waals surface area contributed by atoms with E-state index in [-0.39, 0.29) is 28.4 Å². The summed E-state index contributed by atoms with van der Waals surface area (Å²) in [6.45, 7) is -0.210. The van der Waals surface area contributed by atoms with Crippen LogP contribution in [0.1, 0.15) is 55.3 Å². The molecule has 8 heteroatoms. The van der Waals surface area contributed by atoms with Gasteiger partial charge in [-0.3, -0.25) is 9.59 Å². The molecule has 0 aromatic heterocycles. The van der Waals surface area contributed by atoms with Crippen molar-refractivity contribution < 1.29 is 19.1 Å². The van der Waals surface area contributed by atoms with Gasteiger partial charge in [-0.1, -0.05) is 23.2 Å². The second kappa shape index (κ2) is 9.94. The molecule has 1 aromatic rings. The van der Waals surface area contributed by atoms with Crippen LogP contribution in [0.4, 0.5) is 0 Å². The molecule has 1 atom stereocenters. The van der Waals surface area contributed by atoms with E-state index in [4.69, 9.17) is 27.9 Å². The van der Waals surface area contributed by atoms with Crippen molar-refractivity contribution in [3.05, 3.63) is 33.8 Å². The highest BCUT2D eigenvalue weighted by Gasteiger charge is 2.54. The summed E-state index contributed by atoms with van der Waals surface area (Å²) in [6.07, 6.45) is 8.91. The lowest BCUT2D eigenvalue weighted by molar-refractivity contribution is -0.158. The van der Waals surface area contributed by atoms with Crippen molar-refractivity contribution >= 4 is 52.6 Å². The summed E-state index contributed by atoms with van der Waals surface area (Å²) in [6, 6.07) is 3.73. The summed E-state index contributed by atoms with van der Waals surface area (Å²) in [5.41, 5.74) is -0.0631. The van der Waals surface area contributed by atoms with E-state index in [1.807, 2.05) is 6.26 Å². The van der Waals surface area contributed by atoms with E-state index in [0.717, 1.165) is 19.3 Å². The number of rotatable bonds is 9. The number of benzene rings is 1. The normalized spacial score (nSPS) is 28.9. The molecule has 1 unspecified atom stereocenters. The molecule has 0 radical (unpaired) electrons. The average molecular weight is 498 g/mol. The van der Waals surface area contributed by atoms with Crippen LogP contribution in [-0.2, 0) is 14.3 Å². The summed E-state index contributed by atoms with van der Waals surface area (Å²) in [5.74, 6) is 1.63. The highest BCUT2D eigenvalue weighted by Crippen LogP contribution is 2.60. The van der Waals surface area contributed by atoms with Crippen molar-refractivity contribution in [2.45, 2.75) is 51.0 Å². The minimum atomic E-state index is -0.842. The number of ketones is 1. The van der Waals surface area contributed by atoms with Crippen molar-refractivity contribution in [1.82, 2.24) is 5.32 Å². The Hall–Kier alpha value is -1.24. The molecule has 0 spiro atoms. The topological polar surface area (TPSA) is 72.5 Å². The first-order valence-corrected chi connectivity index (χ1v) is 13.4. The van der Waals surface area contributed by atoms with Gasteiger partial charge < -0.3 is 10.1 Å². The molecule has 4 aliphatic carbocycles. The zero-order chi connectivity index (χ0) is 22.9. The Balaban J connectivity index is 1.37. The fourth-order valence-electron chi connectivity index (χ4n) is 6.24. The number of amides is 1. The second-order valence-electron chi connectivity index (χ2n) is 9.66. The van der Waals surface area contributed by atoms with Crippen LogP contribution in [0.2, 0.25) is 10.0 Å². The fraction of sp³-hybridized carbons (Fsp3) is 0.625. The highest BCUT2D eigenvalue weighted by molar-refractivity contribution is 7.98. The zero-order valence-corrected chi connectivity index (χ0v) is 20.5. The molecule has 0 saturated heterocycles. The SMILES string of the molecule is CSCCC(NC(=O)c1ccc(Cl)cc1Cl)C(=O)OCC(=O)C12CC3CC(CC(C3)C1)C2. The monoisotopic (exact) mass is 497 g/mol. The van der Waals surface area contributed by atoms with E-state index in [9.17, 15) is 14.4 Å². The van der Waals surface area contributed by atoms with Crippen LogP contribution in [0.3, 0.4) is 0 Å². The molecular formula is C24H29Cl2NO4S. The van der Waals surface area contributed by atoms with Crippen LogP contribution >= 0.6 is 35.0 Å². The molecule has 4 bridgehead atoms. The fourth-order valence-corrected chi connectivity index (χ4v) is 7.20. The van der Waals surface area contributed by atoms with Crippen LogP contribution in [0, 0.1) is 23.2 Å². The van der Waals surface area contributed by atoms with Gasteiger partial charge in [0, 0.05) is 10.4 Å². The van der Waals surface area contributed by atoms with Gasteiger partial charge in [-0.25, -0.2) is 4.79 Å². The van der Waals surface area contributed by atoms with E-state index < -0.39 is 17.9 Å². The maximum atomic E-state index is 13.2. The number of hydrogen-bond donors (Lipinski definition) is 1. The number of carbonyl (C=O) groups excluding carboxylic acids is 3. The van der Waals surface area contributed by atoms with E-state index in [1.54, 1.807) is 17.8 Å². The first-order valence-electron chi connectivity index (χ1n) is 11.2. The molecule has 5 nitrogen and oxygen atoms in total. The Bertz CT molecular complexity index is 871. The smallest absolute Gasteiger partial charge is 0.329 e. The van der Waals surface area contributed by atoms with Gasteiger partial charge >= 0.3 is 5.97 Å². The number of halogens is 2. The molecule has 0 aliphatic heterocycles. The predicted octanol–water partition coefficient (Wildman–Crippen LogP) is 5.17. The maximum absolute atomic E-state index is 13.2. The number of nitrogens with one attached hydrogen (secondary N) is 1. The number of Topliss-reactive ketones (excluding diaryl/α,β-unsaturated/α-hetero) is 1. The third-order valence-electron chi connectivity index (χ3n) is 7.35. The first kappa shape index (κ1) is 23.9. The van der Waals surface area contributed by atoms with Crippen molar-refractivity contribution in [3.8, 4) is 0 Å². The summed E-state index contributed by atoms with van der Waals surface area (Å²) in [5, 5.41) is 3.36. The maximum Gasteiger partial charge on any atom is 0.329 e. The standard InChI is InChI=1S/C24H29Cl2NO4S/c1-32-5-4-20(27-22(29)18-3-2-17(25)9-19(18)26)23(30)31-13-21(28)24-10-14-6-15(11-24)8-16(7-14)12-24/h2-3,9,14-16,20H,4-8,10-13H2,1H3,(H,27,29). The molecule has 174 valence electrons. The first-order chi connectivity index (χ1) is 15.3. The lowest BCUT2D eigenvalue weighted by atomic mass is 9.48. The van der Waals surface area contributed by atoms with Crippen LogP contribution in [0.25, 0.3) is 0 Å². The zero-order valence-electron chi connectivity index (χ0n) is 18.2. The molecule has 4 fully saturated rings. The molecular weight excluding hydrogens is 469 g/mol. The van der Waals surface area contributed by atoms with Gasteiger partial charge in [-0.2, -0.15) is 11.8 Å². The molecule has 0 heterocycles. The van der Waals surface area contributed by atoms with Crippen LogP contribution in [0.15, 0.2) is 18.2 Å². The Kier molecular flexibility index (Phi) is 7.43. The minimum absolute atomic E-state index is 0.0561. The van der Waals surface area contributed by atoms with Crippen molar-refractivity contribution in [2.75, 3.05) is 18.6 Å². The summed E-state index contributed by atoms with van der Waals surface area (Å²) < 4.78 is 5.47. The molecule has 1 amide bonds. The van der Waals surface area contributed by atoms with Crippen molar-refractivity contribution in [2.24, 2.45) is 23.2 Å². The van der Waals surface area contributed by atoms with E-state index in [2.05, 4.69) is 5.32 Å². The number of thioether (sulfide) groups is 1. The third kappa shape index (κ3) is 5.13. The molecule has 1 aromatic carbocycles. The Morgan fingerprint density at radius 1 is 1.12 bits per heavy atom. The molecule has 4 aliphatic rings. The van der Waals surface area contributed by atoms with Gasteiger partial charge in [0.05, 0.1) is 10.6 Å².